The molecule has 0 saturated heterocycles. The van der Waals surface area contributed by atoms with Crippen LogP contribution in [-0.2, 0) is 0 Å². The second-order valence-corrected chi connectivity index (χ2v) is 4.92. The third-order valence-corrected chi connectivity index (χ3v) is 3.49. The molecule has 0 amide bonds. The molecule has 0 bridgehead atoms. The number of benzene rings is 2. The number of carboxylic acids is 1. The van der Waals surface area contributed by atoms with Crippen LogP contribution in [0.2, 0.25) is 0 Å². The first-order chi connectivity index (χ1) is 9.56. The van der Waals surface area contributed by atoms with Gasteiger partial charge < -0.3 is 15.3 Å². The molecule has 3 N–H and O–H groups in total. The zero-order valence-corrected chi connectivity index (χ0v) is 11.4. The van der Waals surface area contributed by atoms with Crippen molar-refractivity contribution in [2.24, 2.45) is 0 Å². The number of alkyl halides is 1. The molecule has 2 atom stereocenters. The minimum atomic E-state index is -1.10. The van der Waals surface area contributed by atoms with Gasteiger partial charge in [0.05, 0.1) is 11.7 Å². The first kappa shape index (κ1) is 14.8. The minimum Gasteiger partial charge on any atom is -0.478 e. The maximum Gasteiger partial charge on any atom is 0.336 e. The Morgan fingerprint density at radius 2 is 1.75 bits per heavy atom. The normalized spacial score (nSPS) is 14.2. The molecule has 0 aromatic heterocycles. The fourth-order valence-corrected chi connectivity index (χ4v) is 2.48. The van der Waals surface area contributed by atoms with E-state index >= 15 is 0 Å². The average Bonchev–Trinajstić information content (AvgIpc) is 2.45. The molecular weight excluding hydrogens is 280 g/mol. The number of rotatable bonds is 5. The topological polar surface area (TPSA) is 77.8 Å². The third-order valence-electron chi connectivity index (χ3n) is 3.27. The predicted octanol–water partition coefficient (Wildman–Crippen LogP) is 2.56. The molecule has 0 spiro atoms. The summed E-state index contributed by atoms with van der Waals surface area (Å²) < 4.78 is 0. The van der Waals surface area contributed by atoms with Gasteiger partial charge in [-0.1, -0.05) is 30.3 Å². The van der Waals surface area contributed by atoms with Gasteiger partial charge in [0, 0.05) is 5.88 Å². The Hall–Kier alpha value is -1.62. The van der Waals surface area contributed by atoms with Crippen molar-refractivity contribution >= 4 is 28.3 Å². The standard InChI is InChI=1S/C15H15ClO4/c16-8-7-13(17)14(18)11-5-1-4-10-9(11)3-2-6-12(10)15(19)20/h1-6,13-14,17-18H,7-8H2,(H,19,20). The lowest BCUT2D eigenvalue weighted by Crippen LogP contribution is -2.19. The van der Waals surface area contributed by atoms with E-state index < -0.39 is 18.2 Å². The molecule has 0 aliphatic rings. The van der Waals surface area contributed by atoms with Gasteiger partial charge >= 0.3 is 5.97 Å². The van der Waals surface area contributed by atoms with Crippen molar-refractivity contribution < 1.29 is 20.1 Å². The molecule has 2 aromatic rings. The van der Waals surface area contributed by atoms with Crippen LogP contribution in [0.1, 0.15) is 28.4 Å². The van der Waals surface area contributed by atoms with E-state index in [9.17, 15) is 20.1 Å². The lowest BCUT2D eigenvalue weighted by Gasteiger charge is -2.19. The molecule has 2 unspecified atom stereocenters. The Kier molecular flexibility index (Phi) is 4.60. The van der Waals surface area contributed by atoms with E-state index in [1.807, 2.05) is 0 Å². The van der Waals surface area contributed by atoms with Crippen molar-refractivity contribution in [3.05, 3.63) is 47.5 Å². The summed E-state index contributed by atoms with van der Waals surface area (Å²) >= 11 is 5.56. The highest BCUT2D eigenvalue weighted by Gasteiger charge is 2.20. The van der Waals surface area contributed by atoms with E-state index in [1.54, 1.807) is 30.3 Å². The Labute approximate surface area is 121 Å². The van der Waals surface area contributed by atoms with Gasteiger partial charge in [0.25, 0.3) is 0 Å². The average molecular weight is 295 g/mol. The van der Waals surface area contributed by atoms with Crippen molar-refractivity contribution in [3.8, 4) is 0 Å². The van der Waals surface area contributed by atoms with E-state index in [0.29, 0.717) is 16.3 Å². The van der Waals surface area contributed by atoms with Crippen molar-refractivity contribution in [2.45, 2.75) is 18.6 Å². The van der Waals surface area contributed by atoms with Crippen LogP contribution in [0, 0.1) is 0 Å². The number of hydrogen-bond acceptors (Lipinski definition) is 3. The minimum absolute atomic E-state index is 0.170. The maximum absolute atomic E-state index is 11.2. The highest BCUT2D eigenvalue weighted by Crippen LogP contribution is 2.29. The summed E-state index contributed by atoms with van der Waals surface area (Å²) in [5.74, 6) is -0.785. The fraction of sp³-hybridized carbons (Fsp3) is 0.267. The molecule has 2 rings (SSSR count). The van der Waals surface area contributed by atoms with E-state index in [1.165, 1.54) is 6.07 Å². The van der Waals surface area contributed by atoms with Gasteiger partial charge in [0.1, 0.15) is 6.10 Å². The first-order valence-corrected chi connectivity index (χ1v) is 6.76. The highest BCUT2D eigenvalue weighted by atomic mass is 35.5. The lowest BCUT2D eigenvalue weighted by molar-refractivity contribution is 0.0178. The molecule has 0 radical (unpaired) electrons. The molecule has 5 heteroatoms. The monoisotopic (exact) mass is 294 g/mol. The van der Waals surface area contributed by atoms with Gasteiger partial charge in [-0.3, -0.25) is 0 Å². The smallest absolute Gasteiger partial charge is 0.336 e. The Bertz CT molecular complexity index is 626. The van der Waals surface area contributed by atoms with Crippen LogP contribution in [0.3, 0.4) is 0 Å². The molecule has 20 heavy (non-hydrogen) atoms. The predicted molar refractivity (Wildman–Crippen MR) is 77.2 cm³/mol. The Morgan fingerprint density at radius 3 is 2.40 bits per heavy atom. The van der Waals surface area contributed by atoms with Gasteiger partial charge in [-0.25, -0.2) is 4.79 Å². The van der Waals surface area contributed by atoms with Crippen LogP contribution >= 0.6 is 11.6 Å². The van der Waals surface area contributed by atoms with Gasteiger partial charge in [-0.2, -0.15) is 0 Å². The number of aliphatic hydroxyl groups is 2. The van der Waals surface area contributed by atoms with Gasteiger partial charge in [-0.15, -0.1) is 11.6 Å². The largest absolute Gasteiger partial charge is 0.478 e. The third kappa shape index (κ3) is 2.77. The highest BCUT2D eigenvalue weighted by molar-refractivity contribution is 6.17. The van der Waals surface area contributed by atoms with Crippen molar-refractivity contribution in [3.63, 3.8) is 0 Å². The summed E-state index contributed by atoms with van der Waals surface area (Å²) in [6.07, 6.45) is -1.81. The van der Waals surface area contributed by atoms with Crippen LogP contribution < -0.4 is 0 Å². The van der Waals surface area contributed by atoms with Crippen molar-refractivity contribution in [2.75, 3.05) is 5.88 Å². The number of carbonyl (C=O) groups is 1. The van der Waals surface area contributed by atoms with E-state index in [2.05, 4.69) is 0 Å². The quantitative estimate of drug-likeness (QED) is 0.741. The summed E-state index contributed by atoms with van der Waals surface area (Å²) in [7, 11) is 0. The van der Waals surface area contributed by atoms with Gasteiger partial charge in [0.2, 0.25) is 0 Å². The number of aromatic carboxylic acids is 1. The second-order valence-electron chi connectivity index (χ2n) is 4.54. The Balaban J connectivity index is 2.55. The maximum atomic E-state index is 11.2. The summed E-state index contributed by atoms with van der Waals surface area (Å²) in [5, 5.41) is 30.4. The summed E-state index contributed by atoms with van der Waals surface area (Å²) in [6.45, 7) is 0. The number of carboxylic acid groups (broad SMARTS) is 1. The zero-order chi connectivity index (χ0) is 14.7. The molecule has 0 aliphatic heterocycles. The summed E-state index contributed by atoms with van der Waals surface area (Å²) in [6, 6.07) is 9.89. The van der Waals surface area contributed by atoms with Crippen LogP contribution in [-0.4, -0.2) is 33.3 Å². The van der Waals surface area contributed by atoms with Gasteiger partial charge in [-0.05, 0) is 28.8 Å². The first-order valence-electron chi connectivity index (χ1n) is 6.23. The summed E-state index contributed by atoms with van der Waals surface area (Å²) in [5.41, 5.74) is 0.673. The van der Waals surface area contributed by atoms with E-state index in [-0.39, 0.29) is 17.9 Å². The fourth-order valence-electron chi connectivity index (χ4n) is 2.26. The number of fused-ring (bicyclic) bond motifs is 1. The molecule has 106 valence electrons. The molecule has 4 nitrogen and oxygen atoms in total. The van der Waals surface area contributed by atoms with Crippen LogP contribution in [0.5, 0.6) is 0 Å². The molecule has 0 saturated carbocycles. The molecular formula is C15H15ClO4. The number of halogens is 1. The number of hydrogen-bond donors (Lipinski definition) is 3. The molecule has 2 aromatic carbocycles. The zero-order valence-electron chi connectivity index (χ0n) is 10.7. The van der Waals surface area contributed by atoms with E-state index in [4.69, 9.17) is 11.6 Å². The van der Waals surface area contributed by atoms with Gasteiger partial charge in [0.15, 0.2) is 0 Å². The number of aliphatic hydroxyl groups excluding tert-OH is 2. The van der Waals surface area contributed by atoms with Crippen LogP contribution in [0.25, 0.3) is 10.8 Å². The van der Waals surface area contributed by atoms with E-state index in [0.717, 1.165) is 0 Å². The molecule has 0 fully saturated rings. The summed E-state index contributed by atoms with van der Waals surface area (Å²) in [4.78, 5) is 11.2. The lowest BCUT2D eigenvalue weighted by atomic mass is 9.94. The van der Waals surface area contributed by atoms with Crippen LogP contribution in [0.15, 0.2) is 36.4 Å². The van der Waals surface area contributed by atoms with Crippen LogP contribution in [0.4, 0.5) is 0 Å². The SMILES string of the molecule is O=C(O)c1cccc2c(C(O)C(O)CCCl)cccc12. The Morgan fingerprint density at radius 1 is 1.10 bits per heavy atom. The molecule has 0 aliphatic carbocycles. The van der Waals surface area contributed by atoms with Crippen molar-refractivity contribution in [1.29, 1.82) is 0 Å². The van der Waals surface area contributed by atoms with Crippen molar-refractivity contribution in [1.82, 2.24) is 0 Å². The second kappa shape index (κ2) is 6.22. The molecule has 0 heterocycles.